The third kappa shape index (κ3) is 2.60. The first-order chi connectivity index (χ1) is 9.98. The van der Waals surface area contributed by atoms with Crippen molar-refractivity contribution in [3.8, 4) is 0 Å². The number of ketones is 1. The van der Waals surface area contributed by atoms with E-state index < -0.39 is 23.4 Å². The number of hydrogen-bond donors (Lipinski definition) is 0. The van der Waals surface area contributed by atoms with Crippen LogP contribution in [0.15, 0.2) is 29.9 Å². The van der Waals surface area contributed by atoms with Gasteiger partial charge in [-0.2, -0.15) is 13.2 Å². The van der Waals surface area contributed by atoms with Crippen molar-refractivity contribution in [3.05, 3.63) is 51.5 Å². The molecule has 0 amide bonds. The van der Waals surface area contributed by atoms with E-state index in [1.54, 1.807) is 11.3 Å². The van der Waals surface area contributed by atoms with Crippen LogP contribution in [-0.4, -0.2) is 10.8 Å². The van der Waals surface area contributed by atoms with Crippen molar-refractivity contribution in [1.82, 2.24) is 4.98 Å². The third-order valence-corrected chi connectivity index (χ3v) is 4.76. The molecule has 0 N–H and O–H groups in total. The van der Waals surface area contributed by atoms with Crippen LogP contribution in [0.3, 0.4) is 0 Å². The van der Waals surface area contributed by atoms with Gasteiger partial charge in [0.1, 0.15) is 0 Å². The molecule has 3 rings (SSSR count). The summed E-state index contributed by atoms with van der Waals surface area (Å²) in [4.78, 5) is 17.4. The molecule has 1 atom stereocenters. The second-order valence-electron chi connectivity index (χ2n) is 5.03. The highest BCUT2D eigenvalue weighted by Crippen LogP contribution is 2.39. The average Bonchev–Trinajstić information content (AvgIpc) is 2.94. The summed E-state index contributed by atoms with van der Waals surface area (Å²) < 4.78 is 39.1. The van der Waals surface area contributed by atoms with E-state index in [2.05, 4.69) is 4.98 Å². The van der Waals surface area contributed by atoms with Crippen molar-refractivity contribution in [2.45, 2.75) is 31.4 Å². The molecule has 2 aromatic heterocycles. The summed E-state index contributed by atoms with van der Waals surface area (Å²) >= 11 is 1.56. The number of hydrogen-bond acceptors (Lipinski definition) is 3. The van der Waals surface area contributed by atoms with Crippen molar-refractivity contribution in [2.24, 2.45) is 0 Å². The van der Waals surface area contributed by atoms with Crippen molar-refractivity contribution in [2.75, 3.05) is 0 Å². The fourth-order valence-electron chi connectivity index (χ4n) is 2.78. The molecule has 21 heavy (non-hydrogen) atoms. The monoisotopic (exact) mass is 311 g/mol. The number of thiophene rings is 1. The maximum Gasteiger partial charge on any atom is 0.417 e. The lowest BCUT2D eigenvalue weighted by Gasteiger charge is -2.22. The highest BCUT2D eigenvalue weighted by molar-refractivity contribution is 7.10. The van der Waals surface area contributed by atoms with E-state index in [0.29, 0.717) is 6.42 Å². The summed E-state index contributed by atoms with van der Waals surface area (Å²) in [5.41, 5.74) is -0.341. The minimum atomic E-state index is -4.54. The number of carbonyl (C=O) groups excluding carboxylic acids is 1. The molecule has 0 aliphatic heterocycles. The molecule has 0 saturated carbocycles. The lowest BCUT2D eigenvalue weighted by Crippen LogP contribution is -2.21. The van der Waals surface area contributed by atoms with E-state index in [1.807, 2.05) is 11.4 Å². The zero-order chi connectivity index (χ0) is 15.0. The zero-order valence-corrected chi connectivity index (χ0v) is 11.8. The molecular formula is C15H12F3NOS. The SMILES string of the molecule is O=C(c1cnccc1C(F)(F)F)C1CCCc2sccc21. The standard InChI is InChI=1S/C15H12F3NOS/c16-15(17,18)12-4-6-19-8-11(12)14(20)10-2-1-3-13-9(10)5-7-21-13/h4-8,10H,1-3H2. The van der Waals surface area contributed by atoms with Crippen molar-refractivity contribution in [1.29, 1.82) is 0 Å². The van der Waals surface area contributed by atoms with Crippen LogP contribution in [0.2, 0.25) is 0 Å². The molecule has 1 aliphatic carbocycles. The van der Waals surface area contributed by atoms with E-state index in [9.17, 15) is 18.0 Å². The second-order valence-corrected chi connectivity index (χ2v) is 6.03. The Kier molecular flexibility index (Phi) is 3.57. The lowest BCUT2D eigenvalue weighted by molar-refractivity contribution is -0.138. The first-order valence-corrected chi connectivity index (χ1v) is 7.48. The number of aromatic nitrogens is 1. The number of pyridine rings is 1. The highest BCUT2D eigenvalue weighted by atomic mass is 32.1. The van der Waals surface area contributed by atoms with Gasteiger partial charge in [0.15, 0.2) is 5.78 Å². The van der Waals surface area contributed by atoms with Crippen LogP contribution in [0.25, 0.3) is 0 Å². The molecular weight excluding hydrogens is 299 g/mol. The first kappa shape index (κ1) is 14.3. The van der Waals surface area contributed by atoms with Gasteiger partial charge in [-0.15, -0.1) is 11.3 Å². The highest BCUT2D eigenvalue weighted by Gasteiger charge is 2.38. The van der Waals surface area contributed by atoms with Gasteiger partial charge >= 0.3 is 6.18 Å². The normalized spacial score (nSPS) is 18.3. The Morgan fingerprint density at radius 1 is 1.33 bits per heavy atom. The van der Waals surface area contributed by atoms with E-state index in [1.165, 1.54) is 0 Å². The van der Waals surface area contributed by atoms with Gasteiger partial charge in [-0.1, -0.05) is 0 Å². The molecule has 0 radical (unpaired) electrons. The molecule has 2 aromatic rings. The molecule has 6 heteroatoms. The fraction of sp³-hybridized carbons (Fsp3) is 0.333. The number of halogens is 3. The van der Waals surface area contributed by atoms with Crippen molar-refractivity contribution < 1.29 is 18.0 Å². The predicted octanol–water partition coefficient (Wildman–Crippen LogP) is 4.46. The van der Waals surface area contributed by atoms with E-state index in [4.69, 9.17) is 0 Å². The van der Waals surface area contributed by atoms with Crippen LogP contribution in [0.5, 0.6) is 0 Å². The maximum atomic E-state index is 13.0. The molecule has 0 saturated heterocycles. The Hall–Kier alpha value is -1.69. The molecule has 0 bridgehead atoms. The molecule has 110 valence electrons. The number of fused-ring (bicyclic) bond motifs is 1. The minimum absolute atomic E-state index is 0.325. The number of rotatable bonds is 2. The third-order valence-electron chi connectivity index (χ3n) is 3.76. The lowest BCUT2D eigenvalue weighted by atomic mass is 9.82. The van der Waals surface area contributed by atoms with Gasteiger partial charge in [-0.05, 0) is 42.3 Å². The Balaban J connectivity index is 2.02. The Morgan fingerprint density at radius 3 is 2.90 bits per heavy atom. The Labute approximate surface area is 123 Å². The minimum Gasteiger partial charge on any atom is -0.293 e. The van der Waals surface area contributed by atoms with E-state index >= 15 is 0 Å². The number of carbonyl (C=O) groups is 1. The van der Waals surface area contributed by atoms with Gasteiger partial charge in [0.05, 0.1) is 5.56 Å². The Bertz CT molecular complexity index is 678. The molecule has 1 aliphatic rings. The van der Waals surface area contributed by atoms with Crippen molar-refractivity contribution >= 4 is 17.1 Å². The number of nitrogens with zero attached hydrogens (tertiary/aromatic N) is 1. The second kappa shape index (κ2) is 5.26. The summed E-state index contributed by atoms with van der Waals surface area (Å²) in [5.74, 6) is -0.958. The van der Waals surface area contributed by atoms with E-state index in [0.717, 1.165) is 41.7 Å². The van der Waals surface area contributed by atoms with Crippen LogP contribution >= 0.6 is 11.3 Å². The van der Waals surface area contributed by atoms with Gasteiger partial charge < -0.3 is 0 Å². The van der Waals surface area contributed by atoms with Gasteiger partial charge in [0.2, 0.25) is 0 Å². The quantitative estimate of drug-likeness (QED) is 0.766. The Morgan fingerprint density at radius 2 is 2.14 bits per heavy atom. The summed E-state index contributed by atoms with van der Waals surface area (Å²) in [6.07, 6.45) is -0.126. The molecule has 2 heterocycles. The van der Waals surface area contributed by atoms with Crippen LogP contribution < -0.4 is 0 Å². The summed E-state index contributed by atoms with van der Waals surface area (Å²) in [7, 11) is 0. The average molecular weight is 311 g/mol. The fourth-order valence-corrected chi connectivity index (χ4v) is 3.77. The molecule has 0 fully saturated rings. The zero-order valence-electron chi connectivity index (χ0n) is 11.0. The number of Topliss-reactive ketones (excluding diaryl/α,β-unsaturated/α-hetero) is 1. The smallest absolute Gasteiger partial charge is 0.293 e. The molecule has 0 aromatic carbocycles. The summed E-state index contributed by atoms with van der Waals surface area (Å²) in [6.45, 7) is 0. The first-order valence-electron chi connectivity index (χ1n) is 6.60. The van der Waals surface area contributed by atoms with Gasteiger partial charge in [0, 0.05) is 28.8 Å². The summed E-state index contributed by atoms with van der Waals surface area (Å²) in [6, 6.07) is 2.72. The largest absolute Gasteiger partial charge is 0.417 e. The van der Waals surface area contributed by atoms with Crippen LogP contribution in [0, 0.1) is 0 Å². The molecule has 0 spiro atoms. The van der Waals surface area contributed by atoms with Gasteiger partial charge in [-0.25, -0.2) is 0 Å². The topological polar surface area (TPSA) is 30.0 Å². The number of aryl methyl sites for hydroxylation is 1. The van der Waals surface area contributed by atoms with Crippen LogP contribution in [0.1, 0.15) is 45.1 Å². The van der Waals surface area contributed by atoms with Gasteiger partial charge in [-0.3, -0.25) is 9.78 Å². The number of alkyl halides is 3. The molecule has 1 unspecified atom stereocenters. The van der Waals surface area contributed by atoms with Crippen LogP contribution in [0.4, 0.5) is 13.2 Å². The van der Waals surface area contributed by atoms with Crippen molar-refractivity contribution in [3.63, 3.8) is 0 Å². The summed E-state index contributed by atoms with van der Waals surface area (Å²) in [5, 5.41) is 1.89. The van der Waals surface area contributed by atoms with E-state index in [-0.39, 0.29) is 5.56 Å². The van der Waals surface area contributed by atoms with Gasteiger partial charge in [0.25, 0.3) is 0 Å². The predicted molar refractivity (Wildman–Crippen MR) is 73.6 cm³/mol. The maximum absolute atomic E-state index is 13.0. The molecule has 2 nitrogen and oxygen atoms in total. The van der Waals surface area contributed by atoms with Crippen LogP contribution in [-0.2, 0) is 12.6 Å².